The van der Waals surface area contributed by atoms with E-state index in [1.807, 2.05) is 0 Å². The molecule has 0 aliphatic rings. The molecule has 0 saturated heterocycles. The van der Waals surface area contributed by atoms with Crippen molar-refractivity contribution in [3.8, 4) is 5.69 Å². The first-order valence-corrected chi connectivity index (χ1v) is 4.88. The van der Waals surface area contributed by atoms with Gasteiger partial charge in [-0.15, -0.1) is 0 Å². The maximum absolute atomic E-state index is 12.7. The van der Waals surface area contributed by atoms with Crippen molar-refractivity contribution in [2.75, 3.05) is 6.61 Å². The first-order valence-electron chi connectivity index (χ1n) is 4.88. The second kappa shape index (κ2) is 4.32. The smallest absolute Gasteiger partial charge is 0.271 e. The molecule has 0 amide bonds. The highest BCUT2D eigenvalue weighted by molar-refractivity contribution is 5.31. The maximum Gasteiger partial charge on any atom is 0.271 e. The number of rotatable bonds is 3. The quantitative estimate of drug-likeness (QED) is 0.808. The van der Waals surface area contributed by atoms with Crippen LogP contribution in [0.1, 0.15) is 5.69 Å². The Hall–Kier alpha value is -1.88. The molecular formula is C11H11FN2O2. The van der Waals surface area contributed by atoms with Gasteiger partial charge in [-0.2, -0.15) is 0 Å². The van der Waals surface area contributed by atoms with Gasteiger partial charge in [0, 0.05) is 24.8 Å². The van der Waals surface area contributed by atoms with Crippen molar-refractivity contribution >= 4 is 0 Å². The van der Waals surface area contributed by atoms with Crippen LogP contribution < -0.4 is 5.56 Å². The number of nitrogens with one attached hydrogen (secondary N) is 1. The Morgan fingerprint density at radius 2 is 2.00 bits per heavy atom. The van der Waals surface area contributed by atoms with E-state index in [1.165, 1.54) is 35.0 Å². The minimum atomic E-state index is -0.348. The van der Waals surface area contributed by atoms with E-state index in [2.05, 4.69) is 5.10 Å². The van der Waals surface area contributed by atoms with E-state index >= 15 is 0 Å². The number of halogens is 1. The number of hydrogen-bond donors (Lipinski definition) is 2. The molecule has 16 heavy (non-hydrogen) atoms. The standard InChI is InChI=1S/C11H11FN2O2/c12-8-1-3-10(4-2-8)14-11(16)7-9(13-14)5-6-15/h1-4,7,13,15H,5-6H2. The van der Waals surface area contributed by atoms with Crippen molar-refractivity contribution < 1.29 is 9.50 Å². The van der Waals surface area contributed by atoms with Crippen molar-refractivity contribution in [2.24, 2.45) is 0 Å². The number of hydrogen-bond acceptors (Lipinski definition) is 2. The molecule has 5 heteroatoms. The fourth-order valence-corrected chi connectivity index (χ4v) is 1.48. The zero-order valence-corrected chi connectivity index (χ0v) is 8.48. The van der Waals surface area contributed by atoms with Crippen LogP contribution in [-0.4, -0.2) is 21.5 Å². The molecule has 4 nitrogen and oxygen atoms in total. The van der Waals surface area contributed by atoms with Crippen LogP contribution in [0.4, 0.5) is 4.39 Å². The predicted molar refractivity (Wildman–Crippen MR) is 57.1 cm³/mol. The highest BCUT2D eigenvalue weighted by atomic mass is 19.1. The molecule has 0 atom stereocenters. The van der Waals surface area contributed by atoms with E-state index in [-0.39, 0.29) is 18.0 Å². The number of benzene rings is 1. The average molecular weight is 222 g/mol. The highest BCUT2D eigenvalue weighted by Gasteiger charge is 2.04. The first-order chi connectivity index (χ1) is 7.70. The topological polar surface area (TPSA) is 58.0 Å². The summed E-state index contributed by atoms with van der Waals surface area (Å²) < 4.78 is 14.0. The number of aliphatic hydroxyl groups is 1. The molecule has 0 aliphatic carbocycles. The van der Waals surface area contributed by atoms with Gasteiger partial charge in [0.15, 0.2) is 0 Å². The lowest BCUT2D eigenvalue weighted by molar-refractivity contribution is 0.298. The lowest BCUT2D eigenvalue weighted by Gasteiger charge is -2.01. The molecule has 1 aromatic heterocycles. The van der Waals surface area contributed by atoms with Gasteiger partial charge in [-0.1, -0.05) is 0 Å². The fraction of sp³-hybridized carbons (Fsp3) is 0.182. The zero-order valence-electron chi connectivity index (χ0n) is 8.48. The highest BCUT2D eigenvalue weighted by Crippen LogP contribution is 2.06. The van der Waals surface area contributed by atoms with Crippen molar-refractivity contribution in [2.45, 2.75) is 6.42 Å². The lowest BCUT2D eigenvalue weighted by Crippen LogP contribution is -2.13. The summed E-state index contributed by atoms with van der Waals surface area (Å²) in [4.78, 5) is 11.6. The first kappa shape index (κ1) is 10.6. The summed E-state index contributed by atoms with van der Waals surface area (Å²) in [5.74, 6) is -0.348. The Morgan fingerprint density at radius 3 is 2.62 bits per heavy atom. The van der Waals surface area contributed by atoms with Gasteiger partial charge in [0.1, 0.15) is 5.82 Å². The third-order valence-electron chi connectivity index (χ3n) is 2.24. The van der Waals surface area contributed by atoms with E-state index in [1.54, 1.807) is 0 Å². The van der Waals surface area contributed by atoms with Crippen molar-refractivity contribution in [3.05, 3.63) is 52.2 Å². The molecule has 2 N–H and O–H groups in total. The maximum atomic E-state index is 12.7. The SMILES string of the molecule is O=c1cc(CCO)[nH]n1-c1ccc(F)cc1. The van der Waals surface area contributed by atoms with Crippen LogP contribution in [0.25, 0.3) is 5.69 Å². The van der Waals surface area contributed by atoms with Crippen LogP contribution in [0.3, 0.4) is 0 Å². The third-order valence-corrected chi connectivity index (χ3v) is 2.24. The normalized spacial score (nSPS) is 10.6. The molecule has 0 spiro atoms. The van der Waals surface area contributed by atoms with Crippen LogP contribution in [0.2, 0.25) is 0 Å². The number of nitrogens with zero attached hydrogens (tertiary/aromatic N) is 1. The molecular weight excluding hydrogens is 211 g/mol. The monoisotopic (exact) mass is 222 g/mol. The summed E-state index contributed by atoms with van der Waals surface area (Å²) in [7, 11) is 0. The molecule has 1 heterocycles. The summed E-state index contributed by atoms with van der Waals surface area (Å²) in [5, 5.41) is 11.6. The van der Waals surface area contributed by atoms with E-state index in [0.29, 0.717) is 17.8 Å². The number of aliphatic hydroxyl groups excluding tert-OH is 1. The second-order valence-electron chi connectivity index (χ2n) is 3.41. The molecule has 2 aromatic rings. The Bertz CT molecular complexity index is 528. The van der Waals surface area contributed by atoms with Crippen molar-refractivity contribution in [1.82, 2.24) is 9.78 Å². The van der Waals surface area contributed by atoms with Gasteiger partial charge in [0.05, 0.1) is 5.69 Å². The van der Waals surface area contributed by atoms with E-state index in [9.17, 15) is 9.18 Å². The van der Waals surface area contributed by atoms with Crippen LogP contribution in [0, 0.1) is 5.82 Å². The second-order valence-corrected chi connectivity index (χ2v) is 3.41. The van der Waals surface area contributed by atoms with E-state index in [0.717, 1.165) is 0 Å². The largest absolute Gasteiger partial charge is 0.396 e. The molecule has 0 bridgehead atoms. The summed E-state index contributed by atoms with van der Waals surface area (Å²) >= 11 is 0. The Labute approximate surface area is 90.9 Å². The Morgan fingerprint density at radius 1 is 1.31 bits per heavy atom. The van der Waals surface area contributed by atoms with Gasteiger partial charge in [-0.25, -0.2) is 9.07 Å². The molecule has 0 aliphatic heterocycles. The van der Waals surface area contributed by atoms with E-state index < -0.39 is 0 Å². The number of H-pyrrole nitrogens is 1. The van der Waals surface area contributed by atoms with Gasteiger partial charge in [0.25, 0.3) is 5.56 Å². The average Bonchev–Trinajstić information content (AvgIpc) is 2.61. The van der Waals surface area contributed by atoms with Crippen LogP contribution in [-0.2, 0) is 6.42 Å². The lowest BCUT2D eigenvalue weighted by atomic mass is 10.3. The summed E-state index contributed by atoms with van der Waals surface area (Å²) in [6.07, 6.45) is 0.392. The van der Waals surface area contributed by atoms with Gasteiger partial charge in [-0.3, -0.25) is 9.89 Å². The predicted octanol–water partition coefficient (Wildman–Crippen LogP) is 0.840. The van der Waals surface area contributed by atoms with Gasteiger partial charge in [0.2, 0.25) is 0 Å². The molecule has 0 fully saturated rings. The molecule has 84 valence electrons. The molecule has 2 rings (SSSR count). The third kappa shape index (κ3) is 2.04. The molecule has 0 unspecified atom stereocenters. The van der Waals surface area contributed by atoms with Crippen molar-refractivity contribution in [1.29, 1.82) is 0 Å². The minimum absolute atomic E-state index is 0.0244. The van der Waals surface area contributed by atoms with Gasteiger partial charge < -0.3 is 5.11 Å². The summed E-state index contributed by atoms with van der Waals surface area (Å²) in [5.41, 5.74) is 0.988. The molecule has 0 radical (unpaired) electrons. The molecule has 0 saturated carbocycles. The molecule has 1 aromatic carbocycles. The fourth-order valence-electron chi connectivity index (χ4n) is 1.48. The van der Waals surface area contributed by atoms with Crippen LogP contribution >= 0.6 is 0 Å². The number of aromatic nitrogens is 2. The Kier molecular flexibility index (Phi) is 2.87. The van der Waals surface area contributed by atoms with Gasteiger partial charge >= 0.3 is 0 Å². The van der Waals surface area contributed by atoms with Crippen LogP contribution in [0.5, 0.6) is 0 Å². The van der Waals surface area contributed by atoms with Gasteiger partial charge in [-0.05, 0) is 24.3 Å². The number of aromatic amines is 1. The minimum Gasteiger partial charge on any atom is -0.396 e. The zero-order chi connectivity index (χ0) is 11.5. The van der Waals surface area contributed by atoms with Crippen LogP contribution in [0.15, 0.2) is 35.1 Å². The van der Waals surface area contributed by atoms with E-state index in [4.69, 9.17) is 5.11 Å². The van der Waals surface area contributed by atoms with Crippen molar-refractivity contribution in [3.63, 3.8) is 0 Å². The Balaban J connectivity index is 2.40. The summed E-state index contributed by atoms with van der Waals surface area (Å²) in [6.45, 7) is -0.0244. The summed E-state index contributed by atoms with van der Waals surface area (Å²) in [6, 6.07) is 7.01.